The summed E-state index contributed by atoms with van der Waals surface area (Å²) < 4.78 is 51.4. The molecule has 0 saturated carbocycles. The van der Waals surface area contributed by atoms with Gasteiger partial charge in [0.1, 0.15) is 0 Å². The molecule has 2 saturated heterocycles. The van der Waals surface area contributed by atoms with E-state index in [2.05, 4.69) is 0 Å². The van der Waals surface area contributed by atoms with Crippen molar-refractivity contribution >= 4 is 24.2 Å². The number of rotatable bonds is 2. The number of halogens is 3. The summed E-state index contributed by atoms with van der Waals surface area (Å²) in [7, 11) is -0.823. The molecule has 2 aliphatic rings. The Morgan fingerprint density at radius 1 is 1.12 bits per heavy atom. The first-order valence-electron chi connectivity index (χ1n) is 8.29. The third-order valence-corrected chi connectivity index (χ3v) is 5.23. The Hall–Kier alpha value is -1.54. The van der Waals surface area contributed by atoms with E-state index in [9.17, 15) is 18.0 Å². The molecule has 0 spiro atoms. The Balaban J connectivity index is 2.06. The van der Waals surface area contributed by atoms with Gasteiger partial charge in [-0.1, -0.05) is 12.1 Å². The maximum absolute atomic E-state index is 13.1. The lowest BCUT2D eigenvalue weighted by molar-refractivity contribution is -0.137. The number of carbonyl (C=O) groups excluding carboxylic acids is 1. The number of hydrogen-bond acceptors (Lipinski definition) is 3. The molecule has 1 aromatic rings. The van der Waals surface area contributed by atoms with E-state index < -0.39 is 30.1 Å². The van der Waals surface area contributed by atoms with Gasteiger partial charge in [0, 0.05) is 24.1 Å². The zero-order valence-corrected chi connectivity index (χ0v) is 14.7. The fraction of sp³-hybridized carbons (Fsp3) is 0.588. The largest absolute Gasteiger partial charge is 0.496 e. The number of amides is 1. The third-order valence-electron chi connectivity index (χ3n) is 5.23. The van der Waals surface area contributed by atoms with Gasteiger partial charge in [-0.05, 0) is 40.2 Å². The van der Waals surface area contributed by atoms with Crippen LogP contribution >= 0.6 is 0 Å². The second kappa shape index (κ2) is 5.74. The molecule has 3 rings (SSSR count). The van der Waals surface area contributed by atoms with Crippen LogP contribution in [-0.4, -0.2) is 30.8 Å². The maximum Gasteiger partial charge on any atom is 0.496 e. The van der Waals surface area contributed by atoms with E-state index in [0.29, 0.717) is 24.8 Å². The lowest BCUT2D eigenvalue weighted by atomic mass is 9.77. The summed E-state index contributed by atoms with van der Waals surface area (Å²) in [6.07, 6.45) is -3.52. The highest BCUT2D eigenvalue weighted by Crippen LogP contribution is 2.38. The molecule has 1 aromatic carbocycles. The second-order valence-corrected chi connectivity index (χ2v) is 7.51. The van der Waals surface area contributed by atoms with Crippen LogP contribution in [0.25, 0.3) is 0 Å². The Morgan fingerprint density at radius 3 is 2.20 bits per heavy atom. The van der Waals surface area contributed by atoms with E-state index in [0.717, 1.165) is 12.1 Å². The zero-order valence-electron chi connectivity index (χ0n) is 14.7. The first-order chi connectivity index (χ1) is 11.4. The van der Waals surface area contributed by atoms with Gasteiger partial charge in [0.25, 0.3) is 0 Å². The number of nitrogens with zero attached hydrogens (tertiary/aromatic N) is 1. The number of anilines is 1. The molecular formula is C17H21BF3NO3. The van der Waals surface area contributed by atoms with Crippen LogP contribution in [0, 0.1) is 0 Å². The monoisotopic (exact) mass is 355 g/mol. The SMILES string of the molecule is CC1(C)OB(c2ccc(C(F)(F)F)cc2N2CCCC2=O)OC1(C)C. The molecule has 1 amide bonds. The lowest BCUT2D eigenvalue weighted by Crippen LogP contribution is -2.41. The Bertz CT molecular complexity index is 687. The first-order valence-corrected chi connectivity index (χ1v) is 8.29. The Labute approximate surface area is 145 Å². The average Bonchev–Trinajstić information content (AvgIpc) is 2.98. The zero-order chi connectivity index (χ0) is 18.6. The first kappa shape index (κ1) is 18.3. The van der Waals surface area contributed by atoms with Crippen molar-refractivity contribution in [3.63, 3.8) is 0 Å². The van der Waals surface area contributed by atoms with Crippen molar-refractivity contribution < 1.29 is 27.3 Å². The van der Waals surface area contributed by atoms with Crippen molar-refractivity contribution in [1.29, 1.82) is 0 Å². The van der Waals surface area contributed by atoms with Gasteiger partial charge >= 0.3 is 13.3 Å². The normalized spacial score (nSPS) is 22.8. The van der Waals surface area contributed by atoms with E-state index in [-0.39, 0.29) is 11.6 Å². The minimum atomic E-state index is -4.48. The molecule has 2 heterocycles. The van der Waals surface area contributed by atoms with Gasteiger partial charge in [0.05, 0.1) is 16.8 Å². The summed E-state index contributed by atoms with van der Waals surface area (Å²) in [4.78, 5) is 13.5. The van der Waals surface area contributed by atoms with E-state index in [1.165, 1.54) is 11.0 Å². The van der Waals surface area contributed by atoms with Crippen LogP contribution in [0.15, 0.2) is 18.2 Å². The molecule has 0 radical (unpaired) electrons. The molecular weight excluding hydrogens is 334 g/mol. The van der Waals surface area contributed by atoms with Gasteiger partial charge < -0.3 is 14.2 Å². The van der Waals surface area contributed by atoms with E-state index in [4.69, 9.17) is 9.31 Å². The minimum Gasteiger partial charge on any atom is -0.399 e. The van der Waals surface area contributed by atoms with Crippen LogP contribution in [0.4, 0.5) is 18.9 Å². The molecule has 0 aliphatic carbocycles. The predicted octanol–water partition coefficient (Wildman–Crippen LogP) is 3.13. The molecule has 0 aromatic heterocycles. The highest BCUT2D eigenvalue weighted by atomic mass is 19.4. The molecule has 2 fully saturated rings. The fourth-order valence-corrected chi connectivity index (χ4v) is 3.03. The van der Waals surface area contributed by atoms with Crippen LogP contribution in [-0.2, 0) is 20.3 Å². The van der Waals surface area contributed by atoms with Crippen molar-refractivity contribution in [2.45, 2.75) is 57.9 Å². The molecule has 2 aliphatic heterocycles. The number of alkyl halides is 3. The van der Waals surface area contributed by atoms with Crippen molar-refractivity contribution in [3.8, 4) is 0 Å². The molecule has 0 bridgehead atoms. The minimum absolute atomic E-state index is 0.183. The summed E-state index contributed by atoms with van der Waals surface area (Å²) in [5.74, 6) is -0.183. The predicted molar refractivity (Wildman–Crippen MR) is 88.7 cm³/mol. The van der Waals surface area contributed by atoms with Crippen LogP contribution in [0.3, 0.4) is 0 Å². The Morgan fingerprint density at radius 2 is 1.72 bits per heavy atom. The highest BCUT2D eigenvalue weighted by molar-refractivity contribution is 6.64. The standard InChI is InChI=1S/C17H21BF3NO3/c1-15(2)16(3,4)25-18(24-15)12-8-7-11(17(19,20)21)10-13(12)22-9-5-6-14(22)23/h7-8,10H,5-6,9H2,1-4H3. The summed E-state index contributed by atoms with van der Waals surface area (Å²) in [6, 6.07) is 3.37. The number of carbonyl (C=O) groups is 1. The highest BCUT2D eigenvalue weighted by Gasteiger charge is 2.53. The van der Waals surface area contributed by atoms with E-state index in [1.807, 2.05) is 27.7 Å². The van der Waals surface area contributed by atoms with Gasteiger partial charge in [-0.2, -0.15) is 13.2 Å². The molecule has 0 unspecified atom stereocenters. The fourth-order valence-electron chi connectivity index (χ4n) is 3.03. The number of hydrogen-bond donors (Lipinski definition) is 0. The molecule has 25 heavy (non-hydrogen) atoms. The van der Waals surface area contributed by atoms with Crippen molar-refractivity contribution in [2.75, 3.05) is 11.4 Å². The van der Waals surface area contributed by atoms with Crippen molar-refractivity contribution in [3.05, 3.63) is 23.8 Å². The van der Waals surface area contributed by atoms with Crippen molar-refractivity contribution in [2.24, 2.45) is 0 Å². The molecule has 8 heteroatoms. The summed E-state index contributed by atoms with van der Waals surface area (Å²) in [5, 5.41) is 0. The van der Waals surface area contributed by atoms with Crippen LogP contribution < -0.4 is 10.4 Å². The van der Waals surface area contributed by atoms with E-state index >= 15 is 0 Å². The van der Waals surface area contributed by atoms with Crippen LogP contribution in [0.1, 0.15) is 46.1 Å². The topological polar surface area (TPSA) is 38.8 Å². The molecule has 0 N–H and O–H groups in total. The summed E-state index contributed by atoms with van der Waals surface area (Å²) in [6.45, 7) is 7.89. The van der Waals surface area contributed by atoms with E-state index in [1.54, 1.807) is 0 Å². The van der Waals surface area contributed by atoms with Gasteiger partial charge in [0.15, 0.2) is 0 Å². The smallest absolute Gasteiger partial charge is 0.399 e. The second-order valence-electron chi connectivity index (χ2n) is 7.51. The summed E-state index contributed by atoms with van der Waals surface area (Å²) in [5.41, 5.74) is -1.36. The average molecular weight is 355 g/mol. The van der Waals surface area contributed by atoms with Crippen molar-refractivity contribution in [1.82, 2.24) is 0 Å². The third kappa shape index (κ3) is 3.17. The maximum atomic E-state index is 13.1. The Kier molecular flexibility index (Phi) is 4.19. The lowest BCUT2D eigenvalue weighted by Gasteiger charge is -2.32. The van der Waals surface area contributed by atoms with Gasteiger partial charge in [0.2, 0.25) is 5.91 Å². The number of benzene rings is 1. The molecule has 0 atom stereocenters. The van der Waals surface area contributed by atoms with Gasteiger partial charge in [-0.25, -0.2) is 0 Å². The quantitative estimate of drug-likeness (QED) is 0.766. The van der Waals surface area contributed by atoms with Gasteiger partial charge in [-0.3, -0.25) is 4.79 Å². The molecule has 4 nitrogen and oxygen atoms in total. The van der Waals surface area contributed by atoms with Gasteiger partial charge in [-0.15, -0.1) is 0 Å². The molecule has 136 valence electrons. The van der Waals surface area contributed by atoms with Crippen LogP contribution in [0.5, 0.6) is 0 Å². The van der Waals surface area contributed by atoms with Crippen LogP contribution in [0.2, 0.25) is 0 Å². The summed E-state index contributed by atoms with van der Waals surface area (Å²) >= 11 is 0.